The SMILES string of the molecule is Cc1ccc(C(=O)Nc2ccc(N3CCOCC3)[nH+]c2)cc1. The molecule has 1 saturated heterocycles. The highest BCUT2D eigenvalue weighted by Crippen LogP contribution is 2.13. The van der Waals surface area contributed by atoms with Gasteiger partial charge in [-0.25, -0.2) is 4.98 Å². The lowest BCUT2D eigenvalue weighted by atomic mass is 10.1. The molecule has 1 fully saturated rings. The van der Waals surface area contributed by atoms with Crippen LogP contribution in [-0.2, 0) is 4.74 Å². The van der Waals surface area contributed by atoms with Gasteiger partial charge in [0.1, 0.15) is 19.3 Å². The van der Waals surface area contributed by atoms with Crippen LogP contribution in [0.2, 0.25) is 0 Å². The van der Waals surface area contributed by atoms with Gasteiger partial charge in [0.25, 0.3) is 11.7 Å². The van der Waals surface area contributed by atoms with Gasteiger partial charge in [0.15, 0.2) is 0 Å². The number of aromatic amines is 1. The minimum atomic E-state index is -0.104. The standard InChI is InChI=1S/C17H19N3O2/c1-13-2-4-14(5-3-13)17(21)19-15-6-7-16(18-12-15)20-8-10-22-11-9-20/h2-7,12H,8-11H2,1H3,(H,19,21)/p+1. The summed E-state index contributed by atoms with van der Waals surface area (Å²) in [4.78, 5) is 17.6. The second-order valence-electron chi connectivity index (χ2n) is 5.38. The van der Waals surface area contributed by atoms with Gasteiger partial charge < -0.3 is 10.1 Å². The number of anilines is 2. The van der Waals surface area contributed by atoms with Gasteiger partial charge in [-0.2, -0.15) is 0 Å². The number of benzene rings is 1. The number of H-pyrrole nitrogens is 1. The Bertz CT molecular complexity index is 632. The van der Waals surface area contributed by atoms with E-state index >= 15 is 0 Å². The smallest absolute Gasteiger partial charge is 0.274 e. The third kappa shape index (κ3) is 3.43. The molecular weight excluding hydrogens is 278 g/mol. The van der Waals surface area contributed by atoms with Gasteiger partial charge in [-0.1, -0.05) is 17.7 Å². The molecule has 0 aliphatic carbocycles. The van der Waals surface area contributed by atoms with Gasteiger partial charge in [-0.05, 0) is 25.1 Å². The number of hydrogen-bond donors (Lipinski definition) is 1. The first kappa shape index (κ1) is 14.5. The molecule has 1 aliphatic rings. The number of pyridine rings is 1. The van der Waals surface area contributed by atoms with Crippen LogP contribution in [0.3, 0.4) is 0 Å². The Labute approximate surface area is 129 Å². The summed E-state index contributed by atoms with van der Waals surface area (Å²) in [5.41, 5.74) is 2.55. The highest BCUT2D eigenvalue weighted by molar-refractivity contribution is 6.04. The Morgan fingerprint density at radius 3 is 2.50 bits per heavy atom. The van der Waals surface area contributed by atoms with Gasteiger partial charge in [0.2, 0.25) is 0 Å². The minimum Gasteiger partial charge on any atom is -0.373 e. The molecule has 0 radical (unpaired) electrons. The van der Waals surface area contributed by atoms with Crippen molar-refractivity contribution in [2.75, 3.05) is 36.5 Å². The monoisotopic (exact) mass is 298 g/mol. The van der Waals surface area contributed by atoms with Crippen molar-refractivity contribution >= 4 is 17.4 Å². The van der Waals surface area contributed by atoms with Crippen molar-refractivity contribution in [3.8, 4) is 0 Å². The van der Waals surface area contributed by atoms with Crippen LogP contribution in [0.15, 0.2) is 42.6 Å². The van der Waals surface area contributed by atoms with E-state index in [0.29, 0.717) is 5.56 Å². The number of ether oxygens (including phenoxy) is 1. The van der Waals surface area contributed by atoms with Crippen molar-refractivity contribution in [2.45, 2.75) is 6.92 Å². The van der Waals surface area contributed by atoms with Crippen LogP contribution in [0.25, 0.3) is 0 Å². The van der Waals surface area contributed by atoms with Crippen LogP contribution in [-0.4, -0.2) is 32.2 Å². The first-order chi connectivity index (χ1) is 10.7. The molecule has 3 rings (SSSR count). The molecule has 1 aromatic carbocycles. The molecule has 2 N–H and O–H groups in total. The summed E-state index contributed by atoms with van der Waals surface area (Å²) in [5.74, 6) is 0.934. The van der Waals surface area contributed by atoms with Crippen LogP contribution < -0.4 is 15.2 Å². The average Bonchev–Trinajstić information content (AvgIpc) is 2.57. The number of nitrogens with one attached hydrogen (secondary N) is 2. The summed E-state index contributed by atoms with van der Waals surface area (Å²) in [5, 5.41) is 2.89. The number of aromatic nitrogens is 1. The number of nitrogens with zero attached hydrogens (tertiary/aromatic N) is 1. The molecule has 0 bridgehead atoms. The number of carbonyl (C=O) groups excluding carboxylic acids is 1. The molecule has 0 atom stereocenters. The Kier molecular flexibility index (Phi) is 4.34. The molecule has 1 amide bonds. The van der Waals surface area contributed by atoms with Crippen LogP contribution >= 0.6 is 0 Å². The number of amides is 1. The number of aryl methyl sites for hydroxylation is 1. The van der Waals surface area contributed by atoms with Gasteiger partial charge in [0, 0.05) is 11.6 Å². The predicted octanol–water partition coefficient (Wildman–Crippen LogP) is 1.90. The highest BCUT2D eigenvalue weighted by atomic mass is 16.5. The van der Waals surface area contributed by atoms with E-state index in [0.717, 1.165) is 43.4 Å². The van der Waals surface area contributed by atoms with Crippen LogP contribution in [0.5, 0.6) is 0 Å². The van der Waals surface area contributed by atoms with Crippen molar-refractivity contribution in [2.24, 2.45) is 0 Å². The van der Waals surface area contributed by atoms with E-state index in [1.54, 1.807) is 0 Å². The van der Waals surface area contributed by atoms with E-state index in [1.807, 2.05) is 49.5 Å². The maximum atomic E-state index is 12.2. The number of carbonyl (C=O) groups is 1. The fourth-order valence-electron chi connectivity index (χ4n) is 2.40. The lowest BCUT2D eigenvalue weighted by molar-refractivity contribution is -0.363. The van der Waals surface area contributed by atoms with E-state index in [4.69, 9.17) is 4.74 Å². The van der Waals surface area contributed by atoms with Crippen LogP contribution in [0.4, 0.5) is 11.5 Å². The van der Waals surface area contributed by atoms with Crippen molar-refractivity contribution < 1.29 is 14.5 Å². The summed E-state index contributed by atoms with van der Waals surface area (Å²) < 4.78 is 5.34. The Balaban J connectivity index is 1.65. The molecule has 5 heteroatoms. The van der Waals surface area contributed by atoms with Gasteiger partial charge in [-0.3, -0.25) is 9.69 Å². The molecule has 0 spiro atoms. The predicted molar refractivity (Wildman–Crippen MR) is 85.2 cm³/mol. The molecule has 2 aromatic rings. The van der Waals surface area contributed by atoms with Gasteiger partial charge in [0.05, 0.1) is 18.9 Å². The molecule has 1 aromatic heterocycles. The van der Waals surface area contributed by atoms with E-state index in [-0.39, 0.29) is 5.91 Å². The average molecular weight is 298 g/mol. The molecule has 2 heterocycles. The van der Waals surface area contributed by atoms with Crippen LogP contribution in [0, 0.1) is 6.92 Å². The molecule has 22 heavy (non-hydrogen) atoms. The molecule has 0 saturated carbocycles. The van der Waals surface area contributed by atoms with Crippen molar-refractivity contribution in [3.63, 3.8) is 0 Å². The fraction of sp³-hybridized carbons (Fsp3) is 0.294. The molecule has 1 aliphatic heterocycles. The van der Waals surface area contributed by atoms with Crippen molar-refractivity contribution in [3.05, 3.63) is 53.7 Å². The van der Waals surface area contributed by atoms with Gasteiger partial charge in [-0.15, -0.1) is 0 Å². The zero-order chi connectivity index (χ0) is 15.4. The summed E-state index contributed by atoms with van der Waals surface area (Å²) >= 11 is 0. The van der Waals surface area contributed by atoms with E-state index in [2.05, 4.69) is 15.2 Å². The Morgan fingerprint density at radius 1 is 1.14 bits per heavy atom. The maximum Gasteiger partial charge on any atom is 0.274 e. The highest BCUT2D eigenvalue weighted by Gasteiger charge is 2.18. The second-order valence-corrected chi connectivity index (χ2v) is 5.38. The molecule has 0 unspecified atom stereocenters. The van der Waals surface area contributed by atoms with Crippen molar-refractivity contribution in [1.29, 1.82) is 0 Å². The number of hydrogen-bond acceptors (Lipinski definition) is 3. The summed E-state index contributed by atoms with van der Waals surface area (Å²) in [7, 11) is 0. The molecule has 114 valence electrons. The maximum absolute atomic E-state index is 12.2. The minimum absolute atomic E-state index is 0.104. The lowest BCUT2D eigenvalue weighted by Crippen LogP contribution is -2.39. The van der Waals surface area contributed by atoms with Gasteiger partial charge >= 0.3 is 0 Å². The second kappa shape index (κ2) is 6.58. The summed E-state index contributed by atoms with van der Waals surface area (Å²) in [6, 6.07) is 11.4. The number of rotatable bonds is 3. The number of morpholine rings is 1. The zero-order valence-electron chi connectivity index (χ0n) is 12.6. The lowest BCUT2D eigenvalue weighted by Gasteiger charge is -2.21. The summed E-state index contributed by atoms with van der Waals surface area (Å²) in [6.45, 7) is 5.26. The molecular formula is C17H20N3O2+. The largest absolute Gasteiger partial charge is 0.373 e. The topological polar surface area (TPSA) is 55.7 Å². The fourth-order valence-corrected chi connectivity index (χ4v) is 2.40. The van der Waals surface area contributed by atoms with Crippen LogP contribution in [0.1, 0.15) is 15.9 Å². The van der Waals surface area contributed by atoms with E-state index in [9.17, 15) is 4.79 Å². The Morgan fingerprint density at radius 2 is 1.86 bits per heavy atom. The first-order valence-electron chi connectivity index (χ1n) is 7.45. The summed E-state index contributed by atoms with van der Waals surface area (Å²) in [6.07, 6.45) is 1.82. The zero-order valence-corrected chi connectivity index (χ0v) is 12.6. The molecule has 5 nitrogen and oxygen atoms in total. The quantitative estimate of drug-likeness (QED) is 0.941. The third-order valence-electron chi connectivity index (χ3n) is 3.72. The van der Waals surface area contributed by atoms with E-state index < -0.39 is 0 Å². The van der Waals surface area contributed by atoms with Crippen molar-refractivity contribution in [1.82, 2.24) is 0 Å². The third-order valence-corrected chi connectivity index (χ3v) is 3.72. The van der Waals surface area contributed by atoms with E-state index in [1.165, 1.54) is 0 Å². The normalized spacial score (nSPS) is 14.7. The Hall–Kier alpha value is -2.40. The first-order valence-corrected chi connectivity index (χ1v) is 7.45.